The first-order valence-corrected chi connectivity index (χ1v) is 9.26. The predicted molar refractivity (Wildman–Crippen MR) is 85.2 cm³/mol. The minimum absolute atomic E-state index is 0.336. The third-order valence-electron chi connectivity index (χ3n) is 3.72. The summed E-state index contributed by atoms with van der Waals surface area (Å²) < 4.78 is 30.4. The highest BCUT2D eigenvalue weighted by molar-refractivity contribution is 7.88. The average Bonchev–Trinajstić information content (AvgIpc) is 2.46. The van der Waals surface area contributed by atoms with Gasteiger partial charge in [-0.25, -0.2) is 12.7 Å². The van der Waals surface area contributed by atoms with E-state index in [-0.39, 0.29) is 0 Å². The van der Waals surface area contributed by atoms with E-state index < -0.39 is 10.0 Å². The molecule has 0 aliphatic carbocycles. The number of piperidine rings is 1. The van der Waals surface area contributed by atoms with Gasteiger partial charge in [-0.05, 0) is 37.8 Å². The molecule has 0 saturated carbocycles. The van der Waals surface area contributed by atoms with Crippen LogP contribution in [0.2, 0.25) is 0 Å². The van der Waals surface area contributed by atoms with Crippen molar-refractivity contribution in [2.24, 2.45) is 5.92 Å². The standard InChI is InChI=1S/C15H24N2O3S/c1-3-20-15-9-5-4-8-14(15)16-11-13-7-6-10-17(12-13)21(2,18)19/h4-5,8-9,13,16H,3,6-7,10-12H2,1-2H3. The molecular formula is C15H24N2O3S. The van der Waals surface area contributed by atoms with Gasteiger partial charge in [0.2, 0.25) is 10.0 Å². The summed E-state index contributed by atoms with van der Waals surface area (Å²) in [6.07, 6.45) is 3.26. The van der Waals surface area contributed by atoms with Gasteiger partial charge in [0.25, 0.3) is 0 Å². The minimum Gasteiger partial charge on any atom is -0.492 e. The van der Waals surface area contributed by atoms with Crippen molar-refractivity contribution in [1.82, 2.24) is 4.31 Å². The Hall–Kier alpha value is -1.27. The Morgan fingerprint density at radius 1 is 1.38 bits per heavy atom. The van der Waals surface area contributed by atoms with Crippen molar-refractivity contribution in [3.8, 4) is 5.75 Å². The number of nitrogens with one attached hydrogen (secondary N) is 1. The molecule has 1 aliphatic rings. The van der Waals surface area contributed by atoms with E-state index >= 15 is 0 Å². The number of nitrogens with zero attached hydrogens (tertiary/aromatic N) is 1. The van der Waals surface area contributed by atoms with Gasteiger partial charge in [0.15, 0.2) is 0 Å². The van der Waals surface area contributed by atoms with Crippen LogP contribution in [-0.2, 0) is 10.0 Å². The summed E-state index contributed by atoms with van der Waals surface area (Å²) in [6.45, 7) is 4.59. The second kappa shape index (κ2) is 7.13. The van der Waals surface area contributed by atoms with Gasteiger partial charge in [-0.1, -0.05) is 12.1 Å². The molecule has 1 aromatic rings. The fraction of sp³-hybridized carbons (Fsp3) is 0.600. The fourth-order valence-electron chi connectivity index (χ4n) is 2.64. The Morgan fingerprint density at radius 3 is 2.86 bits per heavy atom. The Morgan fingerprint density at radius 2 is 2.14 bits per heavy atom. The number of rotatable bonds is 6. The van der Waals surface area contributed by atoms with Gasteiger partial charge >= 0.3 is 0 Å². The van der Waals surface area contributed by atoms with E-state index in [1.165, 1.54) is 6.26 Å². The van der Waals surface area contributed by atoms with Gasteiger partial charge in [0.05, 0.1) is 18.6 Å². The maximum absolute atomic E-state index is 11.6. The SMILES string of the molecule is CCOc1ccccc1NCC1CCCN(S(C)(=O)=O)C1. The highest BCUT2D eigenvalue weighted by Gasteiger charge is 2.25. The van der Waals surface area contributed by atoms with Gasteiger partial charge in [-0.2, -0.15) is 0 Å². The van der Waals surface area contributed by atoms with Crippen molar-refractivity contribution >= 4 is 15.7 Å². The normalized spacial score (nSPS) is 20.2. The lowest BCUT2D eigenvalue weighted by Crippen LogP contribution is -2.41. The first-order valence-electron chi connectivity index (χ1n) is 7.41. The number of hydrogen-bond donors (Lipinski definition) is 1. The molecule has 0 bridgehead atoms. The van der Waals surface area contributed by atoms with Crippen molar-refractivity contribution in [3.63, 3.8) is 0 Å². The molecule has 1 fully saturated rings. The van der Waals surface area contributed by atoms with Gasteiger partial charge in [0.1, 0.15) is 5.75 Å². The third kappa shape index (κ3) is 4.61. The van der Waals surface area contributed by atoms with Crippen molar-refractivity contribution < 1.29 is 13.2 Å². The number of anilines is 1. The molecule has 1 saturated heterocycles. The topological polar surface area (TPSA) is 58.6 Å². The molecule has 0 spiro atoms. The molecule has 6 heteroatoms. The smallest absolute Gasteiger partial charge is 0.211 e. The second-order valence-electron chi connectivity index (χ2n) is 5.44. The van der Waals surface area contributed by atoms with Crippen LogP contribution in [0.4, 0.5) is 5.69 Å². The molecular weight excluding hydrogens is 288 g/mol. The predicted octanol–water partition coefficient (Wildman–Crippen LogP) is 2.17. The highest BCUT2D eigenvalue weighted by atomic mass is 32.2. The zero-order chi connectivity index (χ0) is 15.3. The molecule has 1 heterocycles. The van der Waals surface area contributed by atoms with Crippen molar-refractivity contribution in [2.75, 3.05) is 37.8 Å². The molecule has 5 nitrogen and oxygen atoms in total. The Labute approximate surface area is 127 Å². The van der Waals surface area contributed by atoms with E-state index in [2.05, 4.69) is 5.32 Å². The lowest BCUT2D eigenvalue weighted by molar-refractivity contribution is 0.276. The van der Waals surface area contributed by atoms with Crippen LogP contribution in [0.15, 0.2) is 24.3 Å². The van der Waals surface area contributed by atoms with Gasteiger partial charge in [0, 0.05) is 19.6 Å². The van der Waals surface area contributed by atoms with Crippen LogP contribution in [0.25, 0.3) is 0 Å². The van der Waals surface area contributed by atoms with Crippen LogP contribution in [0.5, 0.6) is 5.75 Å². The number of benzene rings is 1. The molecule has 0 radical (unpaired) electrons. The molecule has 1 aromatic carbocycles. The summed E-state index contributed by atoms with van der Waals surface area (Å²) in [5, 5.41) is 3.39. The summed E-state index contributed by atoms with van der Waals surface area (Å²) in [6, 6.07) is 7.84. The molecule has 118 valence electrons. The maximum Gasteiger partial charge on any atom is 0.211 e. The number of sulfonamides is 1. The van der Waals surface area contributed by atoms with Crippen LogP contribution in [0.3, 0.4) is 0 Å². The third-order valence-corrected chi connectivity index (χ3v) is 4.99. The molecule has 0 amide bonds. The average molecular weight is 312 g/mol. The van der Waals surface area contributed by atoms with Crippen molar-refractivity contribution in [3.05, 3.63) is 24.3 Å². The van der Waals surface area contributed by atoms with E-state index in [0.29, 0.717) is 25.6 Å². The van der Waals surface area contributed by atoms with Crippen molar-refractivity contribution in [1.29, 1.82) is 0 Å². The summed E-state index contributed by atoms with van der Waals surface area (Å²) in [5.41, 5.74) is 0.968. The van der Waals surface area contributed by atoms with Gasteiger partial charge < -0.3 is 10.1 Å². The van der Waals surface area contributed by atoms with Crippen molar-refractivity contribution in [2.45, 2.75) is 19.8 Å². The summed E-state index contributed by atoms with van der Waals surface area (Å²) in [7, 11) is -3.08. The quantitative estimate of drug-likeness (QED) is 0.874. The summed E-state index contributed by atoms with van der Waals surface area (Å²) in [4.78, 5) is 0. The molecule has 1 atom stereocenters. The van der Waals surface area contributed by atoms with Crippen LogP contribution in [-0.4, -0.2) is 45.2 Å². The van der Waals surface area contributed by atoms with Crippen LogP contribution in [0, 0.1) is 5.92 Å². The lowest BCUT2D eigenvalue weighted by Gasteiger charge is -2.31. The maximum atomic E-state index is 11.6. The van der Waals surface area contributed by atoms with Gasteiger partial charge in [-0.15, -0.1) is 0 Å². The Bertz CT molecular complexity index is 560. The highest BCUT2D eigenvalue weighted by Crippen LogP contribution is 2.25. The monoisotopic (exact) mass is 312 g/mol. The molecule has 0 aromatic heterocycles. The molecule has 1 N–H and O–H groups in total. The Balaban J connectivity index is 1.94. The van der Waals surface area contributed by atoms with E-state index in [4.69, 9.17) is 4.74 Å². The van der Waals surface area contributed by atoms with Crippen LogP contribution >= 0.6 is 0 Å². The minimum atomic E-state index is -3.08. The first kappa shape index (κ1) is 16.1. The lowest BCUT2D eigenvalue weighted by atomic mass is 9.99. The second-order valence-corrected chi connectivity index (χ2v) is 7.42. The first-order chi connectivity index (χ1) is 10.0. The zero-order valence-electron chi connectivity index (χ0n) is 12.7. The molecule has 1 unspecified atom stereocenters. The molecule has 1 aliphatic heterocycles. The fourth-order valence-corrected chi connectivity index (χ4v) is 3.59. The number of hydrogen-bond acceptors (Lipinski definition) is 4. The Kier molecular flexibility index (Phi) is 5.47. The van der Waals surface area contributed by atoms with E-state index in [1.807, 2.05) is 31.2 Å². The molecule has 2 rings (SSSR count). The zero-order valence-corrected chi connectivity index (χ0v) is 13.5. The summed E-state index contributed by atoms with van der Waals surface area (Å²) in [5.74, 6) is 1.18. The van der Waals surface area contributed by atoms with Gasteiger partial charge in [-0.3, -0.25) is 0 Å². The number of ether oxygens (including phenoxy) is 1. The van der Waals surface area contributed by atoms with E-state index in [0.717, 1.165) is 30.8 Å². The molecule has 21 heavy (non-hydrogen) atoms. The van der Waals surface area contributed by atoms with E-state index in [9.17, 15) is 8.42 Å². The number of para-hydroxylation sites is 2. The summed E-state index contributed by atoms with van der Waals surface area (Å²) >= 11 is 0. The van der Waals surface area contributed by atoms with Crippen LogP contribution in [0.1, 0.15) is 19.8 Å². The van der Waals surface area contributed by atoms with Crippen LogP contribution < -0.4 is 10.1 Å². The largest absolute Gasteiger partial charge is 0.492 e. The van der Waals surface area contributed by atoms with E-state index in [1.54, 1.807) is 4.31 Å².